The molecule has 4 nitrogen and oxygen atoms in total. The standard InChI is InChI=1S/C16H9Br2IN2O2/c17-13-6-9(7-14(18)15(13)22)5-10(8-20)16(23)21-12-3-1-11(19)2-4-12/h1-7,22H,(H,21,23)/b10-5-. The van der Waals surface area contributed by atoms with Crippen molar-refractivity contribution in [1.29, 1.82) is 5.26 Å². The predicted molar refractivity (Wildman–Crippen MR) is 105 cm³/mol. The highest BCUT2D eigenvalue weighted by Crippen LogP contribution is 2.34. The van der Waals surface area contributed by atoms with E-state index in [9.17, 15) is 15.2 Å². The van der Waals surface area contributed by atoms with Gasteiger partial charge in [-0.2, -0.15) is 5.26 Å². The minimum Gasteiger partial charge on any atom is -0.506 e. The molecule has 0 saturated heterocycles. The number of hydrogen-bond donors (Lipinski definition) is 2. The third kappa shape index (κ3) is 4.80. The first-order valence-corrected chi connectivity index (χ1v) is 8.94. The van der Waals surface area contributed by atoms with Gasteiger partial charge in [0, 0.05) is 9.26 Å². The average molecular weight is 548 g/mol. The van der Waals surface area contributed by atoms with Gasteiger partial charge in [-0.1, -0.05) is 0 Å². The number of amides is 1. The van der Waals surface area contributed by atoms with Crippen LogP contribution in [-0.2, 0) is 4.79 Å². The van der Waals surface area contributed by atoms with E-state index < -0.39 is 5.91 Å². The zero-order chi connectivity index (χ0) is 17.0. The molecule has 23 heavy (non-hydrogen) atoms. The monoisotopic (exact) mass is 546 g/mol. The van der Waals surface area contributed by atoms with Gasteiger partial charge in [-0.3, -0.25) is 4.79 Å². The number of carbonyl (C=O) groups excluding carboxylic acids is 1. The molecule has 0 aliphatic carbocycles. The Morgan fingerprint density at radius 1 is 1.22 bits per heavy atom. The Hall–Kier alpha value is -1.37. The van der Waals surface area contributed by atoms with E-state index in [0.29, 0.717) is 20.2 Å². The van der Waals surface area contributed by atoms with E-state index in [1.165, 1.54) is 6.08 Å². The molecule has 2 N–H and O–H groups in total. The molecular formula is C16H9Br2IN2O2. The summed E-state index contributed by atoms with van der Waals surface area (Å²) in [6, 6.07) is 12.4. The second kappa shape index (κ2) is 7.95. The minimum atomic E-state index is -0.492. The number of anilines is 1. The van der Waals surface area contributed by atoms with Gasteiger partial charge in [0.05, 0.1) is 8.95 Å². The Morgan fingerprint density at radius 2 is 1.78 bits per heavy atom. The van der Waals surface area contributed by atoms with Gasteiger partial charge < -0.3 is 10.4 Å². The maximum Gasteiger partial charge on any atom is 0.266 e. The Morgan fingerprint density at radius 3 is 2.30 bits per heavy atom. The zero-order valence-corrected chi connectivity index (χ0v) is 16.8. The third-order valence-corrected chi connectivity index (χ3v) is 4.75. The number of halogens is 3. The summed E-state index contributed by atoms with van der Waals surface area (Å²) < 4.78 is 1.98. The molecule has 2 rings (SSSR count). The van der Waals surface area contributed by atoms with Gasteiger partial charge in [-0.25, -0.2) is 0 Å². The van der Waals surface area contributed by atoms with Crippen LogP contribution in [0.2, 0.25) is 0 Å². The van der Waals surface area contributed by atoms with Crippen LogP contribution < -0.4 is 5.32 Å². The molecule has 0 unspecified atom stereocenters. The Kier molecular flexibility index (Phi) is 6.21. The van der Waals surface area contributed by atoms with Gasteiger partial charge in [0.25, 0.3) is 5.91 Å². The van der Waals surface area contributed by atoms with Crippen molar-refractivity contribution >= 4 is 72.1 Å². The van der Waals surface area contributed by atoms with Crippen LogP contribution in [0.1, 0.15) is 5.56 Å². The van der Waals surface area contributed by atoms with Crippen LogP contribution in [0.5, 0.6) is 5.75 Å². The molecular weight excluding hydrogens is 539 g/mol. The van der Waals surface area contributed by atoms with Crippen LogP contribution in [0.4, 0.5) is 5.69 Å². The van der Waals surface area contributed by atoms with E-state index in [1.807, 2.05) is 18.2 Å². The Balaban J connectivity index is 2.26. The molecule has 0 aromatic heterocycles. The summed E-state index contributed by atoms with van der Waals surface area (Å²) in [5.74, 6) is -0.432. The molecule has 1 amide bonds. The molecule has 0 atom stereocenters. The van der Waals surface area contributed by atoms with Crippen LogP contribution in [0.3, 0.4) is 0 Å². The number of hydrogen-bond acceptors (Lipinski definition) is 3. The summed E-state index contributed by atoms with van der Waals surface area (Å²) in [6.07, 6.45) is 1.46. The van der Waals surface area contributed by atoms with Gasteiger partial charge >= 0.3 is 0 Å². The van der Waals surface area contributed by atoms with Crippen LogP contribution >= 0.6 is 54.5 Å². The first kappa shape index (κ1) is 18.0. The van der Waals surface area contributed by atoms with Crippen LogP contribution in [-0.4, -0.2) is 11.0 Å². The molecule has 2 aromatic rings. The maximum absolute atomic E-state index is 12.2. The topological polar surface area (TPSA) is 73.1 Å². The van der Waals surface area contributed by atoms with E-state index in [-0.39, 0.29) is 11.3 Å². The van der Waals surface area contributed by atoms with Crippen LogP contribution in [0, 0.1) is 14.9 Å². The van der Waals surface area contributed by atoms with Crippen LogP contribution in [0.15, 0.2) is 50.9 Å². The lowest BCUT2D eigenvalue weighted by atomic mass is 10.1. The number of rotatable bonds is 3. The molecule has 116 valence electrons. The fourth-order valence-electron chi connectivity index (χ4n) is 1.72. The SMILES string of the molecule is N#C/C(=C/c1cc(Br)c(O)c(Br)c1)C(=O)Nc1ccc(I)cc1. The smallest absolute Gasteiger partial charge is 0.266 e. The first-order valence-electron chi connectivity index (χ1n) is 6.27. The lowest BCUT2D eigenvalue weighted by Gasteiger charge is -2.05. The molecule has 7 heteroatoms. The van der Waals surface area contributed by atoms with E-state index in [2.05, 4.69) is 59.8 Å². The number of carbonyl (C=O) groups is 1. The summed E-state index contributed by atoms with van der Waals surface area (Å²) in [5.41, 5.74) is 1.19. The fourth-order valence-corrected chi connectivity index (χ4v) is 3.30. The molecule has 0 aliphatic heterocycles. The number of nitriles is 1. The first-order chi connectivity index (χ1) is 10.9. The second-order valence-electron chi connectivity index (χ2n) is 4.46. The minimum absolute atomic E-state index is 0.0342. The summed E-state index contributed by atoms with van der Waals surface area (Å²) in [7, 11) is 0. The highest BCUT2D eigenvalue weighted by Gasteiger charge is 2.11. The number of nitrogens with zero attached hydrogens (tertiary/aromatic N) is 1. The molecule has 0 spiro atoms. The average Bonchev–Trinajstić information content (AvgIpc) is 2.52. The predicted octanol–water partition coefficient (Wildman–Crippen LogP) is 5.07. The largest absolute Gasteiger partial charge is 0.506 e. The van der Waals surface area contributed by atoms with Crippen molar-refractivity contribution in [3.8, 4) is 11.8 Å². The quantitative estimate of drug-likeness (QED) is 0.320. The lowest BCUT2D eigenvalue weighted by Crippen LogP contribution is -2.13. The van der Waals surface area contributed by atoms with Gasteiger partial charge in [0.2, 0.25) is 0 Å². The molecule has 0 bridgehead atoms. The van der Waals surface area contributed by atoms with E-state index >= 15 is 0 Å². The van der Waals surface area contributed by atoms with Crippen molar-refractivity contribution in [3.05, 3.63) is 60.1 Å². The van der Waals surface area contributed by atoms with Crippen LogP contribution in [0.25, 0.3) is 6.08 Å². The van der Waals surface area contributed by atoms with E-state index in [4.69, 9.17) is 0 Å². The van der Waals surface area contributed by atoms with Gasteiger partial charge in [0.15, 0.2) is 0 Å². The highest BCUT2D eigenvalue weighted by molar-refractivity contribution is 14.1. The van der Waals surface area contributed by atoms with E-state index in [0.717, 1.165) is 3.57 Å². The fraction of sp³-hybridized carbons (Fsp3) is 0. The van der Waals surface area contributed by atoms with Crippen molar-refractivity contribution < 1.29 is 9.90 Å². The van der Waals surface area contributed by atoms with Crippen molar-refractivity contribution in [2.45, 2.75) is 0 Å². The molecule has 0 fully saturated rings. The molecule has 0 heterocycles. The van der Waals surface area contributed by atoms with Crippen molar-refractivity contribution in [2.24, 2.45) is 0 Å². The summed E-state index contributed by atoms with van der Waals surface area (Å²) >= 11 is 8.59. The number of aromatic hydroxyl groups is 1. The molecule has 0 aliphatic rings. The molecule has 0 radical (unpaired) electrons. The zero-order valence-electron chi connectivity index (χ0n) is 11.5. The van der Waals surface area contributed by atoms with Crippen molar-refractivity contribution in [1.82, 2.24) is 0 Å². The second-order valence-corrected chi connectivity index (χ2v) is 7.42. The normalized spacial score (nSPS) is 11.0. The van der Waals surface area contributed by atoms with Crippen molar-refractivity contribution in [3.63, 3.8) is 0 Å². The summed E-state index contributed by atoms with van der Waals surface area (Å²) in [5, 5.41) is 21.6. The molecule has 2 aromatic carbocycles. The Labute approximate surface area is 163 Å². The van der Waals surface area contributed by atoms with Gasteiger partial charge in [-0.05, 0) is 102 Å². The van der Waals surface area contributed by atoms with Gasteiger partial charge in [-0.15, -0.1) is 0 Å². The van der Waals surface area contributed by atoms with Gasteiger partial charge in [0.1, 0.15) is 17.4 Å². The maximum atomic E-state index is 12.2. The Bertz CT molecular complexity index is 804. The van der Waals surface area contributed by atoms with E-state index in [1.54, 1.807) is 24.3 Å². The highest BCUT2D eigenvalue weighted by atomic mass is 127. The number of phenols is 1. The summed E-state index contributed by atoms with van der Waals surface area (Å²) in [6.45, 7) is 0. The summed E-state index contributed by atoms with van der Waals surface area (Å²) in [4.78, 5) is 12.2. The number of nitrogens with one attached hydrogen (secondary N) is 1. The number of benzene rings is 2. The molecule has 0 saturated carbocycles. The third-order valence-electron chi connectivity index (χ3n) is 2.82. The number of phenolic OH excluding ortho intramolecular Hbond substituents is 1. The van der Waals surface area contributed by atoms with Crippen molar-refractivity contribution in [2.75, 3.05) is 5.32 Å². The lowest BCUT2D eigenvalue weighted by molar-refractivity contribution is -0.112.